The van der Waals surface area contributed by atoms with Crippen molar-refractivity contribution in [1.29, 1.82) is 0 Å². The number of nitrogens with one attached hydrogen (secondary N) is 3. The van der Waals surface area contributed by atoms with E-state index in [0.717, 1.165) is 49.1 Å². The maximum Gasteiger partial charge on any atom is 0.179 e. The smallest absolute Gasteiger partial charge is 0.179 e. The van der Waals surface area contributed by atoms with Gasteiger partial charge in [0.25, 0.3) is 0 Å². The highest BCUT2D eigenvalue weighted by atomic mass is 33.1. The summed E-state index contributed by atoms with van der Waals surface area (Å²) in [5, 5.41) is 7.11. The minimum absolute atomic E-state index is 0.890. The van der Waals surface area contributed by atoms with Gasteiger partial charge in [-0.05, 0) is 47.0 Å². The number of pyridine rings is 1. The highest BCUT2D eigenvalue weighted by Gasteiger charge is 2.16. The fourth-order valence-electron chi connectivity index (χ4n) is 5.93. The lowest BCUT2D eigenvalue weighted by Gasteiger charge is -2.10. The third-order valence-corrected chi connectivity index (χ3v) is 11.2. The monoisotopic (exact) mass is 708 g/mol. The van der Waals surface area contributed by atoms with Crippen LogP contribution in [-0.4, -0.2) is 24.6 Å². The zero-order chi connectivity index (χ0) is 35.1. The number of aryl methyl sites for hydroxylation is 1. The number of nitrogens with zero attached hydrogens (tertiary/aromatic N) is 1. The molecule has 0 aliphatic carbocycles. The first kappa shape index (κ1) is 36.1. The summed E-state index contributed by atoms with van der Waals surface area (Å²) in [6.45, 7) is 8.14. The Bertz CT molecular complexity index is 1950. The van der Waals surface area contributed by atoms with E-state index in [-0.39, 0.29) is 0 Å². The minimum Gasteiger partial charge on any atom is -0.384 e. The van der Waals surface area contributed by atoms with Crippen molar-refractivity contribution in [3.05, 3.63) is 191 Å². The van der Waals surface area contributed by atoms with Crippen molar-refractivity contribution in [3.8, 4) is 0 Å². The summed E-state index contributed by atoms with van der Waals surface area (Å²) in [6, 6.07) is 43.1. The largest absolute Gasteiger partial charge is 0.384 e. The first-order chi connectivity index (χ1) is 25.1. The topological polar surface area (TPSA) is 32.4 Å². The van der Waals surface area contributed by atoms with Gasteiger partial charge in [0.1, 0.15) is 18.4 Å². The second-order valence-electron chi connectivity index (χ2n) is 12.8. The number of benzene rings is 4. The second-order valence-corrected chi connectivity index (χ2v) is 15.5. The van der Waals surface area contributed by atoms with E-state index in [9.17, 15) is 0 Å². The first-order valence-corrected chi connectivity index (χ1v) is 20.2. The molecule has 0 spiro atoms. The molecule has 258 valence electrons. The van der Waals surface area contributed by atoms with Crippen molar-refractivity contribution < 1.29 is 9.47 Å². The van der Waals surface area contributed by atoms with Gasteiger partial charge in [0.05, 0.1) is 0 Å². The zero-order valence-electron chi connectivity index (χ0n) is 29.6. The van der Waals surface area contributed by atoms with E-state index in [1.54, 1.807) is 0 Å². The van der Waals surface area contributed by atoms with Crippen LogP contribution in [0.1, 0.15) is 40.4 Å². The van der Waals surface area contributed by atoms with Gasteiger partial charge < -0.3 is 10.6 Å². The number of hydrogen-bond donors (Lipinski definition) is 3. The third kappa shape index (κ3) is 11.6. The number of anilines is 2. The molecule has 6 heteroatoms. The normalized spacial score (nSPS) is 14.2. The average Bonchev–Trinajstić information content (AvgIpc) is 3.51. The standard InChI is InChI=1S/C45H46N4S2/c1-36-31-40(25-28-48(36)33-41-9-5-3-6-10-41)15-13-38-17-21-44(22-18-38)46-26-29-50-51-30-27-47-45-23-19-39(20-24-45)14-16-43-32-37(2)49(35-43)34-42-11-7-4-8-12-42/h3-25,28,31-32,35,47H,26-27,29-30,33-34H2,1-2H3/p+2/b16-14+. The predicted molar refractivity (Wildman–Crippen MR) is 223 cm³/mol. The van der Waals surface area contributed by atoms with E-state index in [1.165, 1.54) is 49.7 Å². The molecule has 4 nitrogen and oxygen atoms in total. The van der Waals surface area contributed by atoms with Gasteiger partial charge in [0.15, 0.2) is 18.4 Å². The van der Waals surface area contributed by atoms with Gasteiger partial charge >= 0.3 is 0 Å². The van der Waals surface area contributed by atoms with Crippen LogP contribution in [0.5, 0.6) is 0 Å². The molecule has 4 aromatic carbocycles. The molecule has 0 saturated carbocycles. The molecule has 1 aromatic heterocycles. The van der Waals surface area contributed by atoms with Gasteiger partial charge in [0, 0.05) is 84.7 Å². The molecule has 6 rings (SSSR count). The number of hydrogen-bond acceptors (Lipinski definition) is 4. The Labute approximate surface area is 312 Å². The molecule has 2 heterocycles. The summed E-state index contributed by atoms with van der Waals surface area (Å²) < 4.78 is 2.29. The molecular weight excluding hydrogens is 661 g/mol. The lowest BCUT2D eigenvalue weighted by molar-refractivity contribution is -0.817. The van der Waals surface area contributed by atoms with Crippen molar-refractivity contribution in [3.63, 3.8) is 0 Å². The van der Waals surface area contributed by atoms with Crippen LogP contribution in [0.4, 0.5) is 11.4 Å². The SMILES string of the molecule is CC1=CC(/C=C/c2ccc(NCCSSCCNc3ccc(/C=C/c4cc[n+](Cc5ccccc5)c(C)c4)cc3)cc2)=C[NH+]1Cc1ccccc1. The molecule has 1 aliphatic heterocycles. The Morgan fingerprint density at radius 2 is 1.16 bits per heavy atom. The lowest BCUT2D eigenvalue weighted by atomic mass is 10.1. The van der Waals surface area contributed by atoms with E-state index >= 15 is 0 Å². The minimum atomic E-state index is 0.890. The maximum absolute atomic E-state index is 3.56. The molecule has 1 aliphatic rings. The summed E-state index contributed by atoms with van der Waals surface area (Å²) in [4.78, 5) is 1.40. The molecule has 0 saturated heterocycles. The molecule has 51 heavy (non-hydrogen) atoms. The second kappa shape index (κ2) is 19.0. The van der Waals surface area contributed by atoms with Crippen molar-refractivity contribution in [1.82, 2.24) is 0 Å². The molecule has 0 fully saturated rings. The lowest BCUT2D eigenvalue weighted by Crippen LogP contribution is -3.03. The number of allylic oxidation sites excluding steroid dienone is 4. The molecule has 5 aromatic rings. The molecule has 1 atom stereocenters. The number of quaternary nitrogens is 1. The predicted octanol–water partition coefficient (Wildman–Crippen LogP) is 9.31. The summed E-state index contributed by atoms with van der Waals surface area (Å²) in [5.41, 5.74) is 12.5. The van der Waals surface area contributed by atoms with Crippen LogP contribution in [0, 0.1) is 6.92 Å². The number of aromatic nitrogens is 1. The van der Waals surface area contributed by atoms with Crippen molar-refractivity contribution in [2.75, 3.05) is 35.2 Å². The highest BCUT2D eigenvalue weighted by molar-refractivity contribution is 8.76. The van der Waals surface area contributed by atoms with Crippen LogP contribution < -0.4 is 20.1 Å². The Morgan fingerprint density at radius 1 is 0.608 bits per heavy atom. The highest BCUT2D eigenvalue weighted by Crippen LogP contribution is 2.21. The van der Waals surface area contributed by atoms with Gasteiger partial charge in [0.2, 0.25) is 0 Å². The Kier molecular flexibility index (Phi) is 13.4. The quantitative estimate of drug-likeness (QED) is 0.0511. The van der Waals surface area contributed by atoms with Crippen LogP contribution in [0.15, 0.2) is 157 Å². The molecular formula is C45H48N4S2+2. The fraction of sp³-hybridized carbons (Fsp3) is 0.178. The summed E-state index contributed by atoms with van der Waals surface area (Å²) in [6.07, 6.45) is 15.6. The van der Waals surface area contributed by atoms with Crippen LogP contribution in [0.25, 0.3) is 18.2 Å². The zero-order valence-corrected chi connectivity index (χ0v) is 31.2. The van der Waals surface area contributed by atoms with Crippen LogP contribution in [-0.2, 0) is 13.1 Å². The van der Waals surface area contributed by atoms with Gasteiger partial charge in [-0.2, -0.15) is 4.57 Å². The molecule has 0 radical (unpaired) electrons. The average molecular weight is 709 g/mol. The van der Waals surface area contributed by atoms with Crippen molar-refractivity contribution in [2.45, 2.75) is 26.9 Å². The van der Waals surface area contributed by atoms with E-state index in [4.69, 9.17) is 0 Å². The van der Waals surface area contributed by atoms with E-state index in [1.807, 2.05) is 21.6 Å². The Morgan fingerprint density at radius 3 is 1.75 bits per heavy atom. The summed E-state index contributed by atoms with van der Waals surface area (Å²) in [5.74, 6) is 2.12. The van der Waals surface area contributed by atoms with Gasteiger partial charge in [-0.25, -0.2) is 0 Å². The Balaban J connectivity index is 0.832. The molecule has 1 unspecified atom stereocenters. The van der Waals surface area contributed by atoms with E-state index in [2.05, 4.69) is 193 Å². The van der Waals surface area contributed by atoms with Gasteiger partial charge in [-0.1, -0.05) is 125 Å². The first-order valence-electron chi connectivity index (χ1n) is 17.7. The molecule has 0 amide bonds. The molecule has 3 N–H and O–H groups in total. The van der Waals surface area contributed by atoms with E-state index < -0.39 is 0 Å². The van der Waals surface area contributed by atoms with Crippen molar-refractivity contribution >= 4 is 51.2 Å². The van der Waals surface area contributed by atoms with E-state index in [0.29, 0.717) is 0 Å². The molecule has 0 bridgehead atoms. The number of rotatable bonds is 17. The van der Waals surface area contributed by atoms with Crippen molar-refractivity contribution in [2.24, 2.45) is 0 Å². The summed E-state index contributed by atoms with van der Waals surface area (Å²) >= 11 is 0. The van der Waals surface area contributed by atoms with Crippen LogP contribution >= 0.6 is 21.6 Å². The van der Waals surface area contributed by atoms with Crippen LogP contribution in [0.2, 0.25) is 0 Å². The fourth-order valence-corrected chi connectivity index (χ4v) is 7.74. The summed E-state index contributed by atoms with van der Waals surface area (Å²) in [7, 11) is 3.84. The Hall–Kier alpha value is -4.75. The third-order valence-electron chi connectivity index (χ3n) is 8.81. The maximum atomic E-state index is 3.56. The van der Waals surface area contributed by atoms with Gasteiger partial charge in [-0.3, -0.25) is 4.90 Å². The van der Waals surface area contributed by atoms with Gasteiger partial charge in [-0.15, -0.1) is 0 Å². The van der Waals surface area contributed by atoms with Crippen LogP contribution in [0.3, 0.4) is 0 Å².